The first-order chi connectivity index (χ1) is 9.34. The second kappa shape index (κ2) is 10.8. The second-order valence-electron chi connectivity index (χ2n) is 4.77. The van der Waals surface area contributed by atoms with Crippen LogP contribution in [-0.2, 0) is 4.74 Å². The molecule has 1 aromatic rings. The maximum Gasteiger partial charge on any atom is 0.122 e. The Balaban J connectivity index is 1.90. The third kappa shape index (κ3) is 7.85. The number of rotatable bonds is 11. The molecule has 0 bridgehead atoms. The van der Waals surface area contributed by atoms with Crippen LogP contribution < -0.4 is 10.1 Å². The van der Waals surface area contributed by atoms with Crippen LogP contribution in [0.4, 0.5) is 0 Å². The van der Waals surface area contributed by atoms with Gasteiger partial charge in [0.1, 0.15) is 5.75 Å². The minimum atomic E-state index is 0.796. The molecule has 0 unspecified atom stereocenters. The minimum absolute atomic E-state index is 0.796. The SMILES string of the molecule is COCCNCCCCCCOc1ccccc1C. The van der Waals surface area contributed by atoms with Crippen molar-refractivity contribution in [3.05, 3.63) is 29.8 Å². The fourth-order valence-corrected chi connectivity index (χ4v) is 1.91. The molecule has 0 saturated carbocycles. The van der Waals surface area contributed by atoms with E-state index in [2.05, 4.69) is 18.3 Å². The first kappa shape index (κ1) is 16.0. The average molecular weight is 265 g/mol. The lowest BCUT2D eigenvalue weighted by Gasteiger charge is -2.08. The van der Waals surface area contributed by atoms with Gasteiger partial charge in [-0.3, -0.25) is 0 Å². The predicted octanol–water partition coefficient (Wildman–Crippen LogP) is 3.17. The lowest BCUT2D eigenvalue weighted by atomic mass is 10.2. The monoisotopic (exact) mass is 265 g/mol. The van der Waals surface area contributed by atoms with E-state index in [0.29, 0.717) is 0 Å². The summed E-state index contributed by atoms with van der Waals surface area (Å²) in [4.78, 5) is 0. The van der Waals surface area contributed by atoms with Crippen molar-refractivity contribution in [2.45, 2.75) is 32.6 Å². The number of nitrogens with one attached hydrogen (secondary N) is 1. The molecule has 1 aromatic carbocycles. The molecule has 0 fully saturated rings. The van der Waals surface area contributed by atoms with Crippen molar-refractivity contribution < 1.29 is 9.47 Å². The highest BCUT2D eigenvalue weighted by molar-refractivity contribution is 5.31. The fourth-order valence-electron chi connectivity index (χ4n) is 1.91. The van der Waals surface area contributed by atoms with Crippen LogP contribution in [0.15, 0.2) is 24.3 Å². The molecule has 0 aliphatic rings. The van der Waals surface area contributed by atoms with Crippen molar-refractivity contribution in [2.24, 2.45) is 0 Å². The van der Waals surface area contributed by atoms with Crippen molar-refractivity contribution >= 4 is 0 Å². The van der Waals surface area contributed by atoms with Crippen LogP contribution in [0.25, 0.3) is 0 Å². The Morgan fingerprint density at radius 2 is 1.74 bits per heavy atom. The van der Waals surface area contributed by atoms with Crippen LogP contribution in [0.2, 0.25) is 0 Å². The Kier molecular flexibility index (Phi) is 9.11. The van der Waals surface area contributed by atoms with Gasteiger partial charge >= 0.3 is 0 Å². The van der Waals surface area contributed by atoms with Crippen LogP contribution in [0, 0.1) is 6.92 Å². The number of hydrogen-bond acceptors (Lipinski definition) is 3. The molecule has 0 heterocycles. The van der Waals surface area contributed by atoms with Gasteiger partial charge < -0.3 is 14.8 Å². The molecule has 0 aromatic heterocycles. The molecule has 108 valence electrons. The minimum Gasteiger partial charge on any atom is -0.493 e. The highest BCUT2D eigenvalue weighted by atomic mass is 16.5. The van der Waals surface area contributed by atoms with Gasteiger partial charge in [0.2, 0.25) is 0 Å². The van der Waals surface area contributed by atoms with Gasteiger partial charge in [-0.25, -0.2) is 0 Å². The van der Waals surface area contributed by atoms with Crippen LogP contribution in [0.5, 0.6) is 5.75 Å². The third-order valence-corrected chi connectivity index (χ3v) is 3.08. The zero-order valence-electron chi connectivity index (χ0n) is 12.3. The molecule has 1 N–H and O–H groups in total. The maximum atomic E-state index is 5.76. The van der Waals surface area contributed by atoms with Crippen LogP contribution in [0.1, 0.15) is 31.2 Å². The highest BCUT2D eigenvalue weighted by Crippen LogP contribution is 2.16. The molecular weight excluding hydrogens is 238 g/mol. The summed E-state index contributed by atoms with van der Waals surface area (Å²) < 4.78 is 10.7. The Morgan fingerprint density at radius 3 is 2.53 bits per heavy atom. The quantitative estimate of drug-likeness (QED) is 0.623. The Bertz CT molecular complexity index is 328. The summed E-state index contributed by atoms with van der Waals surface area (Å²) in [5.74, 6) is 1.02. The van der Waals surface area contributed by atoms with Gasteiger partial charge in [-0.2, -0.15) is 0 Å². The van der Waals surface area contributed by atoms with E-state index in [9.17, 15) is 0 Å². The number of aryl methyl sites for hydroxylation is 1. The first-order valence-electron chi connectivity index (χ1n) is 7.22. The predicted molar refractivity (Wildman–Crippen MR) is 79.9 cm³/mol. The number of methoxy groups -OCH3 is 1. The molecule has 0 radical (unpaired) electrons. The fraction of sp³-hybridized carbons (Fsp3) is 0.625. The van der Waals surface area contributed by atoms with Gasteiger partial charge in [0.25, 0.3) is 0 Å². The van der Waals surface area contributed by atoms with Gasteiger partial charge in [0.15, 0.2) is 0 Å². The van der Waals surface area contributed by atoms with Gasteiger partial charge in [-0.05, 0) is 37.9 Å². The highest BCUT2D eigenvalue weighted by Gasteiger charge is 1.97. The lowest BCUT2D eigenvalue weighted by molar-refractivity contribution is 0.199. The van der Waals surface area contributed by atoms with E-state index in [4.69, 9.17) is 9.47 Å². The molecule has 0 amide bonds. The Morgan fingerprint density at radius 1 is 0.947 bits per heavy atom. The number of benzene rings is 1. The van der Waals surface area contributed by atoms with E-state index in [1.165, 1.54) is 24.8 Å². The zero-order chi connectivity index (χ0) is 13.8. The molecule has 0 spiro atoms. The normalized spacial score (nSPS) is 10.6. The van der Waals surface area contributed by atoms with Crippen LogP contribution in [-0.4, -0.2) is 33.4 Å². The number of para-hydroxylation sites is 1. The van der Waals surface area contributed by atoms with E-state index in [0.717, 1.165) is 38.5 Å². The van der Waals surface area contributed by atoms with Crippen molar-refractivity contribution in [3.8, 4) is 5.75 Å². The molecule has 0 aliphatic carbocycles. The summed E-state index contributed by atoms with van der Waals surface area (Å²) in [5.41, 5.74) is 1.21. The molecular formula is C16H27NO2. The van der Waals surface area contributed by atoms with Gasteiger partial charge in [0, 0.05) is 13.7 Å². The maximum absolute atomic E-state index is 5.76. The van der Waals surface area contributed by atoms with Crippen molar-refractivity contribution in [2.75, 3.05) is 33.4 Å². The summed E-state index contributed by atoms with van der Waals surface area (Å²) in [6.07, 6.45) is 4.86. The van der Waals surface area contributed by atoms with Crippen LogP contribution in [0.3, 0.4) is 0 Å². The smallest absolute Gasteiger partial charge is 0.122 e. The number of ether oxygens (including phenoxy) is 2. The summed E-state index contributed by atoms with van der Waals surface area (Å²) in [6, 6.07) is 8.18. The summed E-state index contributed by atoms with van der Waals surface area (Å²) >= 11 is 0. The van der Waals surface area contributed by atoms with E-state index in [1.54, 1.807) is 7.11 Å². The topological polar surface area (TPSA) is 30.5 Å². The second-order valence-corrected chi connectivity index (χ2v) is 4.77. The Hall–Kier alpha value is -1.06. The van der Waals surface area contributed by atoms with Crippen LogP contribution >= 0.6 is 0 Å². The third-order valence-electron chi connectivity index (χ3n) is 3.08. The summed E-state index contributed by atoms with van der Waals surface area (Å²) in [7, 11) is 1.73. The lowest BCUT2D eigenvalue weighted by Crippen LogP contribution is -2.20. The van der Waals surface area contributed by atoms with Gasteiger partial charge in [0.05, 0.1) is 13.2 Å². The van der Waals surface area contributed by atoms with Crippen molar-refractivity contribution in [1.29, 1.82) is 0 Å². The molecule has 0 aliphatic heterocycles. The van der Waals surface area contributed by atoms with Gasteiger partial charge in [-0.1, -0.05) is 31.0 Å². The zero-order valence-corrected chi connectivity index (χ0v) is 12.3. The van der Waals surface area contributed by atoms with E-state index in [1.807, 2.05) is 18.2 Å². The summed E-state index contributed by atoms with van der Waals surface area (Å²) in [5, 5.41) is 3.35. The number of unbranched alkanes of at least 4 members (excludes halogenated alkanes) is 3. The molecule has 3 heteroatoms. The standard InChI is InChI=1S/C16H27NO2/c1-15-9-5-6-10-16(15)19-13-8-4-3-7-11-17-12-14-18-2/h5-6,9-10,17H,3-4,7-8,11-14H2,1-2H3. The average Bonchev–Trinajstić information content (AvgIpc) is 2.43. The molecule has 3 nitrogen and oxygen atoms in total. The molecule has 0 saturated heterocycles. The van der Waals surface area contributed by atoms with Crippen molar-refractivity contribution in [1.82, 2.24) is 5.32 Å². The largest absolute Gasteiger partial charge is 0.493 e. The van der Waals surface area contributed by atoms with E-state index >= 15 is 0 Å². The van der Waals surface area contributed by atoms with Gasteiger partial charge in [-0.15, -0.1) is 0 Å². The number of hydrogen-bond donors (Lipinski definition) is 1. The molecule has 0 atom stereocenters. The van der Waals surface area contributed by atoms with E-state index in [-0.39, 0.29) is 0 Å². The Labute approximate surface area is 117 Å². The summed E-state index contributed by atoms with van der Waals surface area (Å²) in [6.45, 7) is 5.74. The van der Waals surface area contributed by atoms with E-state index < -0.39 is 0 Å². The van der Waals surface area contributed by atoms with Crippen molar-refractivity contribution in [3.63, 3.8) is 0 Å². The molecule has 19 heavy (non-hydrogen) atoms. The molecule has 1 rings (SSSR count). The first-order valence-corrected chi connectivity index (χ1v) is 7.22.